The number of carbonyl (C=O) groups excluding carboxylic acids is 2. The van der Waals surface area contributed by atoms with Crippen LogP contribution in [0.3, 0.4) is 0 Å². The summed E-state index contributed by atoms with van der Waals surface area (Å²) in [6.07, 6.45) is -4.48. The molecule has 1 aliphatic rings. The third-order valence-electron chi connectivity index (χ3n) is 3.92. The Hall–Kier alpha value is -2.68. The zero-order valence-electron chi connectivity index (χ0n) is 14.8. The van der Waals surface area contributed by atoms with Crippen molar-refractivity contribution >= 4 is 35.0 Å². The number of hydrogen-bond acceptors (Lipinski definition) is 4. The van der Waals surface area contributed by atoms with Gasteiger partial charge in [0.05, 0.1) is 5.69 Å². The lowest BCUT2D eigenvalue weighted by molar-refractivity contribution is -0.274. The third-order valence-corrected chi connectivity index (χ3v) is 5.09. The highest BCUT2D eigenvalue weighted by Crippen LogP contribution is 2.37. The normalized spacial score (nSPS) is 16.9. The lowest BCUT2D eigenvalue weighted by atomic mass is 10.2. The molecule has 0 bridgehead atoms. The maximum absolute atomic E-state index is 12.6. The van der Waals surface area contributed by atoms with Crippen LogP contribution in [0.15, 0.2) is 53.4 Å². The summed E-state index contributed by atoms with van der Waals surface area (Å²) in [5.41, 5.74) is 0.976. The van der Waals surface area contributed by atoms with Gasteiger partial charge >= 0.3 is 6.36 Å². The van der Waals surface area contributed by atoms with Crippen LogP contribution in [0.5, 0.6) is 5.75 Å². The number of halogens is 3. The molecule has 1 N–H and O–H groups in total. The van der Waals surface area contributed by atoms with Gasteiger partial charge in [-0.15, -0.1) is 24.9 Å². The lowest BCUT2D eigenvalue weighted by Crippen LogP contribution is -2.38. The summed E-state index contributed by atoms with van der Waals surface area (Å²) in [5.74, 6) is -0.991. The van der Waals surface area contributed by atoms with Crippen LogP contribution in [0.4, 0.5) is 24.5 Å². The van der Waals surface area contributed by atoms with E-state index in [0.29, 0.717) is 17.8 Å². The zero-order chi connectivity index (χ0) is 20.3. The molecule has 0 saturated heterocycles. The van der Waals surface area contributed by atoms with E-state index in [1.54, 1.807) is 23.9 Å². The Morgan fingerprint density at radius 1 is 1.21 bits per heavy atom. The third kappa shape index (κ3) is 5.19. The number of fused-ring (bicyclic) bond motifs is 1. The number of carbonyl (C=O) groups is 2. The van der Waals surface area contributed by atoms with Crippen LogP contribution in [-0.4, -0.2) is 30.0 Å². The van der Waals surface area contributed by atoms with Gasteiger partial charge < -0.3 is 15.0 Å². The number of amides is 2. The van der Waals surface area contributed by atoms with Crippen LogP contribution < -0.4 is 15.0 Å². The van der Waals surface area contributed by atoms with Gasteiger partial charge in [-0.3, -0.25) is 9.59 Å². The largest absolute Gasteiger partial charge is 0.573 e. The molecule has 0 unspecified atom stereocenters. The van der Waals surface area contributed by atoms with Crippen LogP contribution in [0.1, 0.15) is 13.3 Å². The van der Waals surface area contributed by atoms with Crippen molar-refractivity contribution in [3.8, 4) is 5.75 Å². The van der Waals surface area contributed by atoms with E-state index in [1.165, 1.54) is 17.0 Å². The Kier molecular flexibility index (Phi) is 5.83. The van der Waals surface area contributed by atoms with Gasteiger partial charge in [-0.2, -0.15) is 0 Å². The SMILES string of the molecule is C[C@@H]1CC(=O)N(CC(=O)Nc2ccc(OC(F)(F)F)cc2)c2ccccc2S1. The predicted molar refractivity (Wildman–Crippen MR) is 100 cm³/mol. The minimum atomic E-state index is -4.78. The van der Waals surface area contributed by atoms with E-state index in [4.69, 9.17) is 0 Å². The van der Waals surface area contributed by atoms with Crippen LogP contribution in [0.2, 0.25) is 0 Å². The molecule has 1 atom stereocenters. The smallest absolute Gasteiger partial charge is 0.406 e. The van der Waals surface area contributed by atoms with Crippen LogP contribution in [0.25, 0.3) is 0 Å². The maximum Gasteiger partial charge on any atom is 0.573 e. The number of benzene rings is 2. The summed E-state index contributed by atoms with van der Waals surface area (Å²) in [6, 6.07) is 12.2. The fraction of sp³-hybridized carbons (Fsp3) is 0.263. The second kappa shape index (κ2) is 8.14. The standard InChI is InChI=1S/C19H17F3N2O3S/c1-12-10-18(26)24(15-4-2-3-5-16(15)28-12)11-17(25)23-13-6-8-14(9-7-13)27-19(20,21)22/h2-9,12H,10-11H2,1H3,(H,23,25)/t12-/m1/s1. The van der Waals surface area contributed by atoms with Gasteiger partial charge in [0.2, 0.25) is 11.8 Å². The molecule has 3 rings (SSSR count). The number of nitrogens with one attached hydrogen (secondary N) is 1. The molecule has 2 aromatic rings. The van der Waals surface area contributed by atoms with Crippen molar-refractivity contribution in [1.82, 2.24) is 0 Å². The molecule has 0 spiro atoms. The van der Waals surface area contributed by atoms with Crippen LogP contribution in [-0.2, 0) is 9.59 Å². The number of nitrogens with zero attached hydrogens (tertiary/aromatic N) is 1. The molecule has 0 saturated carbocycles. The number of para-hydroxylation sites is 1. The Morgan fingerprint density at radius 3 is 2.57 bits per heavy atom. The summed E-state index contributed by atoms with van der Waals surface area (Å²) in [7, 11) is 0. The molecular formula is C19H17F3N2O3S. The molecule has 2 aromatic carbocycles. The Labute approximate surface area is 163 Å². The summed E-state index contributed by atoms with van der Waals surface area (Å²) in [5, 5.41) is 2.67. The quantitative estimate of drug-likeness (QED) is 0.810. The molecule has 0 aromatic heterocycles. The maximum atomic E-state index is 12.6. The summed E-state index contributed by atoms with van der Waals surface area (Å²) in [4.78, 5) is 27.3. The molecule has 1 heterocycles. The first kappa shape index (κ1) is 20.1. The molecule has 0 fully saturated rings. The molecule has 5 nitrogen and oxygen atoms in total. The number of thioether (sulfide) groups is 1. The second-order valence-corrected chi connectivity index (χ2v) is 7.68. The number of hydrogen-bond donors (Lipinski definition) is 1. The van der Waals surface area contributed by atoms with Crippen molar-refractivity contribution in [2.75, 3.05) is 16.8 Å². The molecular weight excluding hydrogens is 393 g/mol. The number of ether oxygens (including phenoxy) is 1. The molecule has 148 valence electrons. The van der Waals surface area contributed by atoms with E-state index in [2.05, 4.69) is 10.1 Å². The second-order valence-electron chi connectivity index (χ2n) is 6.20. The summed E-state index contributed by atoms with van der Waals surface area (Å²) < 4.78 is 40.4. The van der Waals surface area contributed by atoms with E-state index in [-0.39, 0.29) is 23.5 Å². The molecule has 2 amide bonds. The van der Waals surface area contributed by atoms with Gasteiger partial charge in [0.15, 0.2) is 0 Å². The van der Waals surface area contributed by atoms with Crippen molar-refractivity contribution in [3.05, 3.63) is 48.5 Å². The highest BCUT2D eigenvalue weighted by atomic mass is 32.2. The molecule has 1 aliphatic heterocycles. The highest BCUT2D eigenvalue weighted by molar-refractivity contribution is 8.00. The predicted octanol–water partition coefficient (Wildman–Crippen LogP) is 4.44. The Morgan fingerprint density at radius 2 is 1.89 bits per heavy atom. The van der Waals surface area contributed by atoms with Gasteiger partial charge in [0, 0.05) is 22.3 Å². The van der Waals surface area contributed by atoms with E-state index in [9.17, 15) is 22.8 Å². The summed E-state index contributed by atoms with van der Waals surface area (Å²) in [6.45, 7) is 1.76. The minimum absolute atomic E-state index is 0.0860. The zero-order valence-corrected chi connectivity index (χ0v) is 15.6. The number of alkyl halides is 3. The van der Waals surface area contributed by atoms with Gasteiger partial charge in [-0.25, -0.2) is 0 Å². The van der Waals surface area contributed by atoms with E-state index < -0.39 is 12.3 Å². The monoisotopic (exact) mass is 410 g/mol. The van der Waals surface area contributed by atoms with E-state index >= 15 is 0 Å². The first-order chi connectivity index (χ1) is 13.2. The van der Waals surface area contributed by atoms with Crippen molar-refractivity contribution in [2.45, 2.75) is 29.9 Å². The molecule has 0 aliphatic carbocycles. The first-order valence-electron chi connectivity index (χ1n) is 8.43. The average Bonchev–Trinajstić information content (AvgIpc) is 2.71. The average molecular weight is 410 g/mol. The minimum Gasteiger partial charge on any atom is -0.406 e. The fourth-order valence-corrected chi connectivity index (χ4v) is 3.90. The van der Waals surface area contributed by atoms with Gasteiger partial charge in [0.25, 0.3) is 0 Å². The van der Waals surface area contributed by atoms with Crippen LogP contribution in [0, 0.1) is 0 Å². The van der Waals surface area contributed by atoms with Crippen molar-refractivity contribution in [1.29, 1.82) is 0 Å². The number of anilines is 2. The van der Waals surface area contributed by atoms with Crippen molar-refractivity contribution in [2.24, 2.45) is 0 Å². The lowest BCUT2D eigenvalue weighted by Gasteiger charge is -2.22. The highest BCUT2D eigenvalue weighted by Gasteiger charge is 2.31. The van der Waals surface area contributed by atoms with Crippen molar-refractivity contribution < 1.29 is 27.5 Å². The topological polar surface area (TPSA) is 58.6 Å². The van der Waals surface area contributed by atoms with Crippen molar-refractivity contribution in [3.63, 3.8) is 0 Å². The van der Waals surface area contributed by atoms with Gasteiger partial charge in [-0.1, -0.05) is 19.1 Å². The van der Waals surface area contributed by atoms with Gasteiger partial charge in [-0.05, 0) is 36.4 Å². The van der Waals surface area contributed by atoms with E-state index in [1.807, 2.05) is 19.1 Å². The molecule has 28 heavy (non-hydrogen) atoms. The van der Waals surface area contributed by atoms with Crippen LogP contribution >= 0.6 is 11.8 Å². The van der Waals surface area contributed by atoms with E-state index in [0.717, 1.165) is 17.0 Å². The Bertz CT molecular complexity index is 871. The van der Waals surface area contributed by atoms with Gasteiger partial charge in [0.1, 0.15) is 12.3 Å². The number of rotatable bonds is 4. The molecule has 0 radical (unpaired) electrons. The fourth-order valence-electron chi connectivity index (χ4n) is 2.79. The Balaban J connectivity index is 1.69. The molecule has 9 heteroatoms. The summed E-state index contributed by atoms with van der Waals surface area (Å²) >= 11 is 1.58. The first-order valence-corrected chi connectivity index (χ1v) is 9.31.